The van der Waals surface area contributed by atoms with Gasteiger partial charge in [0.05, 0.1) is 6.10 Å². The van der Waals surface area contributed by atoms with Crippen LogP contribution in [-0.4, -0.2) is 42.6 Å². The van der Waals surface area contributed by atoms with E-state index in [1.54, 1.807) is 0 Å². The molecule has 4 nitrogen and oxygen atoms in total. The van der Waals surface area contributed by atoms with Gasteiger partial charge < -0.3 is 15.4 Å². The Morgan fingerprint density at radius 3 is 2.59 bits per heavy atom. The molecule has 0 aromatic rings. The third kappa shape index (κ3) is 2.69. The molecule has 4 atom stereocenters. The van der Waals surface area contributed by atoms with Crippen molar-refractivity contribution in [3.63, 3.8) is 0 Å². The minimum Gasteiger partial charge on any atom is -0.378 e. The van der Waals surface area contributed by atoms with Crippen LogP contribution in [0.25, 0.3) is 0 Å². The van der Waals surface area contributed by atoms with Gasteiger partial charge >= 0.3 is 0 Å². The lowest BCUT2D eigenvalue weighted by Gasteiger charge is -2.57. The second-order valence-corrected chi connectivity index (χ2v) is 7.71. The van der Waals surface area contributed by atoms with Crippen LogP contribution in [-0.2, 0) is 9.53 Å². The van der Waals surface area contributed by atoms with Gasteiger partial charge in [-0.1, -0.05) is 19.3 Å². The molecule has 2 N–H and O–H groups in total. The van der Waals surface area contributed by atoms with E-state index in [1.807, 2.05) is 7.05 Å². The topological polar surface area (TPSA) is 55.6 Å². The van der Waals surface area contributed by atoms with Gasteiger partial charge in [-0.25, -0.2) is 0 Å². The molecule has 126 valence electrons. The lowest BCUT2D eigenvalue weighted by Crippen LogP contribution is -2.64. The molecule has 4 unspecified atom stereocenters. The second kappa shape index (κ2) is 6.48. The fraction of sp³-hybridized carbons (Fsp3) is 0.944. The molecule has 1 spiro atoms. The van der Waals surface area contributed by atoms with Gasteiger partial charge in [0.2, 0.25) is 5.91 Å². The lowest BCUT2D eigenvalue weighted by atomic mass is 9.59. The summed E-state index contributed by atoms with van der Waals surface area (Å²) in [6.07, 6.45) is 10.5. The molecule has 0 bridgehead atoms. The summed E-state index contributed by atoms with van der Waals surface area (Å²) < 4.78 is 5.98. The highest BCUT2D eigenvalue weighted by atomic mass is 16.5. The molecule has 3 saturated carbocycles. The van der Waals surface area contributed by atoms with Gasteiger partial charge in [-0.15, -0.1) is 0 Å². The number of carbonyl (C=O) groups is 1. The van der Waals surface area contributed by atoms with Crippen molar-refractivity contribution < 1.29 is 9.53 Å². The maximum Gasteiger partial charge on any atom is 0.225 e. The number of hydrogen-bond donors (Lipinski definition) is 1. The summed E-state index contributed by atoms with van der Waals surface area (Å²) >= 11 is 0. The number of nitrogens with zero attached hydrogens (tertiary/aromatic N) is 1. The fourth-order valence-electron chi connectivity index (χ4n) is 5.29. The molecule has 0 aromatic heterocycles. The van der Waals surface area contributed by atoms with E-state index in [0.717, 1.165) is 38.7 Å². The van der Waals surface area contributed by atoms with Crippen molar-refractivity contribution >= 4 is 5.91 Å². The van der Waals surface area contributed by atoms with Crippen LogP contribution in [0.15, 0.2) is 0 Å². The second-order valence-electron chi connectivity index (χ2n) is 7.71. The van der Waals surface area contributed by atoms with Crippen molar-refractivity contribution in [2.75, 3.05) is 13.7 Å². The van der Waals surface area contributed by atoms with Crippen LogP contribution in [0.1, 0.15) is 64.7 Å². The van der Waals surface area contributed by atoms with Gasteiger partial charge in [0.1, 0.15) is 0 Å². The van der Waals surface area contributed by atoms with E-state index in [-0.39, 0.29) is 17.4 Å². The Labute approximate surface area is 134 Å². The van der Waals surface area contributed by atoms with Gasteiger partial charge in [0, 0.05) is 37.1 Å². The van der Waals surface area contributed by atoms with E-state index in [4.69, 9.17) is 10.5 Å². The summed E-state index contributed by atoms with van der Waals surface area (Å²) in [4.78, 5) is 15.0. The number of hydrogen-bond acceptors (Lipinski definition) is 3. The van der Waals surface area contributed by atoms with Crippen molar-refractivity contribution in [3.8, 4) is 0 Å². The highest BCUT2D eigenvalue weighted by Crippen LogP contribution is 2.56. The number of ether oxygens (including phenoxy) is 1. The normalized spacial score (nSPS) is 37.0. The number of carbonyl (C=O) groups excluding carboxylic acids is 1. The monoisotopic (exact) mass is 308 g/mol. The van der Waals surface area contributed by atoms with E-state index in [9.17, 15) is 4.79 Å². The number of amides is 1. The average Bonchev–Trinajstić information content (AvgIpc) is 3.02. The molecule has 4 heteroatoms. The van der Waals surface area contributed by atoms with Gasteiger partial charge in [0.25, 0.3) is 0 Å². The summed E-state index contributed by atoms with van der Waals surface area (Å²) in [5.41, 5.74) is 6.32. The smallest absolute Gasteiger partial charge is 0.225 e. The first kappa shape index (κ1) is 16.3. The molecule has 1 amide bonds. The third-order valence-electron chi connectivity index (χ3n) is 6.52. The summed E-state index contributed by atoms with van der Waals surface area (Å²) in [5.74, 6) is 0.486. The molecule has 22 heavy (non-hydrogen) atoms. The molecular weight excluding hydrogens is 276 g/mol. The van der Waals surface area contributed by atoms with Crippen molar-refractivity contribution in [1.82, 2.24) is 4.90 Å². The van der Waals surface area contributed by atoms with E-state index in [0.29, 0.717) is 18.1 Å². The van der Waals surface area contributed by atoms with Crippen molar-refractivity contribution in [2.45, 2.75) is 82.9 Å². The first-order chi connectivity index (χ1) is 10.6. The first-order valence-corrected chi connectivity index (χ1v) is 9.22. The van der Waals surface area contributed by atoms with E-state index in [1.165, 1.54) is 25.7 Å². The van der Waals surface area contributed by atoms with Crippen LogP contribution in [0.5, 0.6) is 0 Å². The Bertz CT molecular complexity index is 406. The average molecular weight is 308 g/mol. The molecule has 0 heterocycles. The summed E-state index contributed by atoms with van der Waals surface area (Å²) in [6, 6.07) is 0.603. The fourth-order valence-corrected chi connectivity index (χ4v) is 5.29. The van der Waals surface area contributed by atoms with Crippen molar-refractivity contribution in [1.29, 1.82) is 0 Å². The van der Waals surface area contributed by atoms with E-state index >= 15 is 0 Å². The Hall–Kier alpha value is -0.610. The van der Waals surface area contributed by atoms with Gasteiger partial charge in [-0.05, 0) is 45.4 Å². The molecular formula is C18H32N2O2. The predicted octanol–water partition coefficient (Wildman–Crippen LogP) is 2.70. The lowest BCUT2D eigenvalue weighted by molar-refractivity contribution is -0.175. The highest BCUT2D eigenvalue weighted by molar-refractivity contribution is 5.79. The van der Waals surface area contributed by atoms with Crippen LogP contribution in [0.2, 0.25) is 0 Å². The van der Waals surface area contributed by atoms with Crippen molar-refractivity contribution in [3.05, 3.63) is 0 Å². The molecule has 3 aliphatic rings. The van der Waals surface area contributed by atoms with Gasteiger partial charge in [-0.2, -0.15) is 0 Å². The summed E-state index contributed by atoms with van der Waals surface area (Å²) in [5, 5.41) is 0. The van der Waals surface area contributed by atoms with Crippen LogP contribution in [0, 0.1) is 11.3 Å². The zero-order valence-electron chi connectivity index (χ0n) is 14.2. The van der Waals surface area contributed by atoms with Crippen LogP contribution < -0.4 is 5.73 Å². The first-order valence-electron chi connectivity index (χ1n) is 9.22. The predicted molar refractivity (Wildman–Crippen MR) is 87.4 cm³/mol. The molecule has 0 aliphatic heterocycles. The minimum atomic E-state index is 0.151. The van der Waals surface area contributed by atoms with Crippen LogP contribution in [0.3, 0.4) is 0 Å². The molecule has 0 saturated heterocycles. The highest BCUT2D eigenvalue weighted by Gasteiger charge is 2.59. The zero-order chi connectivity index (χ0) is 15.7. The van der Waals surface area contributed by atoms with Gasteiger partial charge in [0.15, 0.2) is 0 Å². The Kier molecular flexibility index (Phi) is 4.79. The standard InChI is InChI=1S/C18H32N2O2/c1-3-22-16-12-15(18(16)9-4-5-10-18)20(2)17(21)13-7-6-8-14(19)11-13/h13-16H,3-12,19H2,1-2H3. The Morgan fingerprint density at radius 2 is 1.95 bits per heavy atom. The SMILES string of the molecule is CCOC1CC(N(C)C(=O)C2CCCC(N)C2)C12CCCC2. The molecule has 0 aromatic carbocycles. The largest absolute Gasteiger partial charge is 0.378 e. The van der Waals surface area contributed by atoms with Crippen LogP contribution >= 0.6 is 0 Å². The molecule has 3 aliphatic carbocycles. The Morgan fingerprint density at radius 1 is 1.23 bits per heavy atom. The quantitative estimate of drug-likeness (QED) is 0.869. The van der Waals surface area contributed by atoms with Crippen LogP contribution in [0.4, 0.5) is 0 Å². The maximum atomic E-state index is 12.9. The molecule has 0 radical (unpaired) electrons. The Balaban J connectivity index is 1.66. The van der Waals surface area contributed by atoms with E-state index < -0.39 is 0 Å². The molecule has 3 rings (SSSR count). The maximum absolute atomic E-state index is 12.9. The minimum absolute atomic E-state index is 0.151. The third-order valence-corrected chi connectivity index (χ3v) is 6.52. The summed E-state index contributed by atoms with van der Waals surface area (Å²) in [7, 11) is 2.02. The number of rotatable bonds is 4. The number of nitrogens with two attached hydrogens (primary N) is 1. The zero-order valence-corrected chi connectivity index (χ0v) is 14.2. The van der Waals surface area contributed by atoms with Gasteiger partial charge in [-0.3, -0.25) is 4.79 Å². The van der Waals surface area contributed by atoms with Crippen molar-refractivity contribution in [2.24, 2.45) is 17.1 Å². The summed E-state index contributed by atoms with van der Waals surface area (Å²) in [6.45, 7) is 2.86. The molecule has 3 fully saturated rings. The van der Waals surface area contributed by atoms with E-state index in [2.05, 4.69) is 11.8 Å².